The van der Waals surface area contributed by atoms with E-state index in [-0.39, 0.29) is 17.8 Å². The highest BCUT2D eigenvalue weighted by molar-refractivity contribution is 7.99. The molecule has 166 valence electrons. The van der Waals surface area contributed by atoms with Crippen molar-refractivity contribution >= 4 is 47.1 Å². The van der Waals surface area contributed by atoms with E-state index < -0.39 is 0 Å². The largest absolute Gasteiger partial charge is 0.492 e. The zero-order chi connectivity index (χ0) is 20.8. The lowest BCUT2D eigenvalue weighted by Crippen LogP contribution is -2.37. The zero-order valence-corrected chi connectivity index (χ0v) is 20.3. The van der Waals surface area contributed by atoms with Gasteiger partial charge in [-0.25, -0.2) is 0 Å². The highest BCUT2D eigenvalue weighted by atomic mass is 35.5. The highest BCUT2D eigenvalue weighted by Gasteiger charge is 2.30. The van der Waals surface area contributed by atoms with Gasteiger partial charge in [0, 0.05) is 44.5 Å². The molecular weight excluding hydrogens is 446 g/mol. The third kappa shape index (κ3) is 5.95. The Bertz CT molecular complexity index is 893. The summed E-state index contributed by atoms with van der Waals surface area (Å²) in [6, 6.07) is 19.1. The molecule has 1 N–H and O–H groups in total. The van der Waals surface area contributed by atoms with Crippen molar-refractivity contribution < 1.29 is 4.74 Å². The summed E-state index contributed by atoms with van der Waals surface area (Å²) in [6.45, 7) is 4.66. The van der Waals surface area contributed by atoms with E-state index in [4.69, 9.17) is 17.0 Å². The number of thiocarbonyl (C=S) groups is 1. The van der Waals surface area contributed by atoms with Gasteiger partial charge >= 0.3 is 0 Å². The van der Waals surface area contributed by atoms with E-state index in [1.54, 1.807) is 0 Å². The Morgan fingerprint density at radius 3 is 2.65 bits per heavy atom. The average molecular weight is 476 g/mol. The lowest BCUT2D eigenvalue weighted by atomic mass is 10.00. The molecule has 0 saturated carbocycles. The number of thioether (sulfide) groups is 1. The van der Waals surface area contributed by atoms with Gasteiger partial charge in [-0.2, -0.15) is 0 Å². The van der Waals surface area contributed by atoms with Gasteiger partial charge in [0.1, 0.15) is 17.7 Å². The second-order valence-corrected chi connectivity index (χ2v) is 9.08. The topological polar surface area (TPSA) is 27.7 Å². The Kier molecular flexibility index (Phi) is 9.08. The minimum absolute atomic E-state index is 0. The zero-order valence-electron chi connectivity index (χ0n) is 17.8. The van der Waals surface area contributed by atoms with Crippen LogP contribution in [0, 0.1) is 0 Å². The molecule has 1 atom stereocenters. The number of hydrogen-bond acceptors (Lipinski definition) is 4. The summed E-state index contributed by atoms with van der Waals surface area (Å²) in [5.41, 5.74) is 4.01. The molecule has 4 rings (SSSR count). The van der Waals surface area contributed by atoms with Gasteiger partial charge in [0.25, 0.3) is 0 Å². The van der Waals surface area contributed by atoms with Gasteiger partial charge in [0.05, 0.1) is 0 Å². The fourth-order valence-corrected chi connectivity index (χ4v) is 5.56. The molecule has 31 heavy (non-hydrogen) atoms. The van der Waals surface area contributed by atoms with Crippen LogP contribution in [-0.4, -0.2) is 60.5 Å². The van der Waals surface area contributed by atoms with Crippen molar-refractivity contribution in [1.82, 2.24) is 15.1 Å². The average Bonchev–Trinajstić information content (AvgIpc) is 3.30. The van der Waals surface area contributed by atoms with Gasteiger partial charge in [-0.1, -0.05) is 54.6 Å². The van der Waals surface area contributed by atoms with Crippen molar-refractivity contribution in [2.75, 3.05) is 45.6 Å². The first-order chi connectivity index (χ1) is 14.8. The van der Waals surface area contributed by atoms with Crippen LogP contribution < -0.4 is 10.1 Å². The van der Waals surface area contributed by atoms with Crippen LogP contribution in [0.3, 0.4) is 0 Å². The second kappa shape index (κ2) is 11.8. The lowest BCUT2D eigenvalue weighted by molar-refractivity contribution is 0.220. The maximum atomic E-state index is 6.26. The van der Waals surface area contributed by atoms with E-state index in [0.717, 1.165) is 49.2 Å². The van der Waals surface area contributed by atoms with Crippen molar-refractivity contribution in [3.05, 3.63) is 71.8 Å². The maximum Gasteiger partial charge on any atom is 0.169 e. The lowest BCUT2D eigenvalue weighted by Gasteiger charge is -2.28. The molecule has 2 aromatic rings. The number of benzene rings is 2. The predicted octanol–water partition coefficient (Wildman–Crippen LogP) is 4.83. The second-order valence-electron chi connectivity index (χ2n) is 7.50. The van der Waals surface area contributed by atoms with E-state index in [0.29, 0.717) is 6.61 Å². The van der Waals surface area contributed by atoms with Crippen LogP contribution >= 0.6 is 36.4 Å². The molecule has 0 aromatic heterocycles. The van der Waals surface area contributed by atoms with Crippen molar-refractivity contribution in [2.45, 2.75) is 11.8 Å². The summed E-state index contributed by atoms with van der Waals surface area (Å²) in [4.78, 5) is 4.71. The van der Waals surface area contributed by atoms with Gasteiger partial charge in [0.15, 0.2) is 5.11 Å². The fraction of sp³-hybridized carbons (Fsp3) is 0.375. The molecule has 0 spiro atoms. The minimum atomic E-state index is 0. The van der Waals surface area contributed by atoms with Crippen LogP contribution in [0.25, 0.3) is 5.57 Å². The number of ether oxygens (including phenoxy) is 1. The van der Waals surface area contributed by atoms with Crippen molar-refractivity contribution in [1.29, 1.82) is 0 Å². The SMILES string of the molecule is CNC(=S)N1CCSC1c1ccccc1OCCN1CC=C(c2ccccc2)CC1.Cl. The summed E-state index contributed by atoms with van der Waals surface area (Å²) in [6.07, 6.45) is 3.45. The third-order valence-electron chi connectivity index (χ3n) is 5.65. The molecule has 7 heteroatoms. The first kappa shape index (κ1) is 23.9. The van der Waals surface area contributed by atoms with E-state index in [2.05, 4.69) is 75.8 Å². The molecule has 0 radical (unpaired) electrons. The van der Waals surface area contributed by atoms with Crippen LogP contribution in [0.2, 0.25) is 0 Å². The standard InChI is InChI=1S/C24H29N3OS2.ClH/c1-25-24(29)27-16-18-30-23(27)21-9-5-6-10-22(21)28-17-15-26-13-11-20(12-14-26)19-7-3-2-4-8-19;/h2-11,23H,12-18H2,1H3,(H,25,29);1H. The van der Waals surface area contributed by atoms with Gasteiger partial charge in [-0.3, -0.25) is 4.90 Å². The van der Waals surface area contributed by atoms with Crippen LogP contribution in [0.4, 0.5) is 0 Å². The van der Waals surface area contributed by atoms with E-state index in [9.17, 15) is 0 Å². The van der Waals surface area contributed by atoms with Crippen molar-refractivity contribution in [3.8, 4) is 5.75 Å². The summed E-state index contributed by atoms with van der Waals surface area (Å²) in [7, 11) is 1.89. The molecule has 2 aliphatic rings. The Balaban J connectivity index is 0.00000272. The van der Waals surface area contributed by atoms with Crippen LogP contribution in [0.1, 0.15) is 22.9 Å². The van der Waals surface area contributed by atoms with Gasteiger partial charge < -0.3 is 15.0 Å². The Morgan fingerprint density at radius 1 is 1.13 bits per heavy atom. The Labute approximate surface area is 201 Å². The molecule has 0 aliphatic carbocycles. The van der Waals surface area contributed by atoms with Crippen LogP contribution in [-0.2, 0) is 0 Å². The fourth-order valence-electron chi connectivity index (χ4n) is 4.01. The van der Waals surface area contributed by atoms with E-state index >= 15 is 0 Å². The van der Waals surface area contributed by atoms with E-state index in [1.165, 1.54) is 16.7 Å². The molecule has 2 aliphatic heterocycles. The van der Waals surface area contributed by atoms with Gasteiger partial charge in [-0.05, 0) is 35.8 Å². The molecule has 0 bridgehead atoms. The first-order valence-corrected chi connectivity index (χ1v) is 12.0. The molecule has 4 nitrogen and oxygen atoms in total. The summed E-state index contributed by atoms with van der Waals surface area (Å²) >= 11 is 7.42. The third-order valence-corrected chi connectivity index (χ3v) is 7.33. The molecular formula is C24H30ClN3OS2. The number of rotatable bonds is 6. The smallest absolute Gasteiger partial charge is 0.169 e. The monoisotopic (exact) mass is 475 g/mol. The first-order valence-electron chi connectivity index (χ1n) is 10.5. The molecule has 2 aromatic carbocycles. The highest BCUT2D eigenvalue weighted by Crippen LogP contribution is 2.41. The number of halogens is 1. The molecule has 2 heterocycles. The van der Waals surface area contributed by atoms with Gasteiger partial charge in [0.2, 0.25) is 0 Å². The Hall–Kier alpha value is -1.73. The number of para-hydroxylation sites is 1. The normalized spacial score (nSPS) is 18.8. The number of hydrogen-bond donors (Lipinski definition) is 1. The maximum absolute atomic E-state index is 6.26. The summed E-state index contributed by atoms with van der Waals surface area (Å²) in [5, 5.41) is 4.13. The summed E-state index contributed by atoms with van der Waals surface area (Å²) < 4.78 is 6.26. The van der Waals surface area contributed by atoms with Crippen LogP contribution in [0.15, 0.2) is 60.7 Å². The summed E-state index contributed by atoms with van der Waals surface area (Å²) in [5.74, 6) is 2.04. The predicted molar refractivity (Wildman–Crippen MR) is 138 cm³/mol. The van der Waals surface area contributed by atoms with Gasteiger partial charge in [-0.15, -0.1) is 24.2 Å². The van der Waals surface area contributed by atoms with Crippen LogP contribution in [0.5, 0.6) is 5.75 Å². The molecule has 1 unspecified atom stereocenters. The molecule has 1 saturated heterocycles. The molecule has 1 fully saturated rings. The minimum Gasteiger partial charge on any atom is -0.492 e. The quantitative estimate of drug-likeness (QED) is 0.601. The van der Waals surface area contributed by atoms with Crippen molar-refractivity contribution in [3.63, 3.8) is 0 Å². The number of nitrogens with one attached hydrogen (secondary N) is 1. The molecule has 0 amide bonds. The van der Waals surface area contributed by atoms with Crippen molar-refractivity contribution in [2.24, 2.45) is 0 Å². The van der Waals surface area contributed by atoms with E-state index in [1.807, 2.05) is 18.8 Å². The Morgan fingerprint density at radius 2 is 1.90 bits per heavy atom. The number of nitrogens with zero attached hydrogens (tertiary/aromatic N) is 2.